The van der Waals surface area contributed by atoms with Crippen molar-refractivity contribution in [3.63, 3.8) is 0 Å². The molecule has 1 atom stereocenters. The smallest absolute Gasteiger partial charge is 0.251 e. The highest BCUT2D eigenvalue weighted by Gasteiger charge is 2.34. The van der Waals surface area contributed by atoms with E-state index in [0.29, 0.717) is 11.3 Å². The molecule has 1 aromatic carbocycles. The summed E-state index contributed by atoms with van der Waals surface area (Å²) in [5.74, 6) is 0.540. The quantitative estimate of drug-likeness (QED) is 0.884. The molecule has 0 radical (unpaired) electrons. The van der Waals surface area contributed by atoms with Crippen LogP contribution in [0.4, 0.5) is 0 Å². The van der Waals surface area contributed by atoms with Crippen LogP contribution in [0.3, 0.4) is 0 Å². The van der Waals surface area contributed by atoms with Gasteiger partial charge < -0.3 is 5.32 Å². The molecule has 2 saturated heterocycles. The maximum atomic E-state index is 12.6. The van der Waals surface area contributed by atoms with Gasteiger partial charge in [0, 0.05) is 42.3 Å². The Morgan fingerprint density at radius 1 is 1.15 bits per heavy atom. The third-order valence-corrected chi connectivity index (χ3v) is 7.21. The van der Waals surface area contributed by atoms with Gasteiger partial charge in [-0.1, -0.05) is 6.07 Å². The Morgan fingerprint density at radius 2 is 1.96 bits per heavy atom. The number of amides is 1. The van der Waals surface area contributed by atoms with E-state index in [0.717, 1.165) is 43.3 Å². The fourth-order valence-corrected chi connectivity index (χ4v) is 5.72. The topological polar surface area (TPSA) is 79.4 Å². The maximum Gasteiger partial charge on any atom is 0.251 e. The number of pyridine rings is 1. The number of sulfone groups is 1. The van der Waals surface area contributed by atoms with Crippen LogP contribution in [0.25, 0.3) is 10.9 Å². The van der Waals surface area contributed by atoms with Gasteiger partial charge in [0.15, 0.2) is 9.84 Å². The molecule has 3 heterocycles. The van der Waals surface area contributed by atoms with E-state index in [1.54, 1.807) is 6.20 Å². The van der Waals surface area contributed by atoms with Crippen molar-refractivity contribution in [2.45, 2.75) is 31.3 Å². The molecule has 0 spiro atoms. The Morgan fingerprint density at radius 3 is 2.69 bits per heavy atom. The second-order valence-corrected chi connectivity index (χ2v) is 9.48. The number of fused-ring (bicyclic) bond motifs is 1. The van der Waals surface area contributed by atoms with Crippen LogP contribution < -0.4 is 5.32 Å². The number of carbonyl (C=O) groups is 1. The molecule has 2 fully saturated rings. The SMILES string of the molecule is O=C(NC1CCN([C@@H]2CCS(=O)(=O)C2)CC1)c1ccc2ncccc2c1. The van der Waals surface area contributed by atoms with Crippen molar-refractivity contribution in [1.29, 1.82) is 0 Å². The van der Waals surface area contributed by atoms with Gasteiger partial charge in [-0.05, 0) is 43.5 Å². The van der Waals surface area contributed by atoms with Crippen LogP contribution in [0.2, 0.25) is 0 Å². The van der Waals surface area contributed by atoms with E-state index in [1.807, 2.05) is 30.3 Å². The van der Waals surface area contributed by atoms with E-state index < -0.39 is 9.84 Å². The number of hydrogen-bond acceptors (Lipinski definition) is 5. The second-order valence-electron chi connectivity index (χ2n) is 7.25. The van der Waals surface area contributed by atoms with Crippen LogP contribution in [-0.4, -0.2) is 60.9 Å². The Kier molecular flexibility index (Phi) is 4.67. The summed E-state index contributed by atoms with van der Waals surface area (Å²) < 4.78 is 23.3. The first-order valence-corrected chi connectivity index (χ1v) is 10.9. The fourth-order valence-electron chi connectivity index (χ4n) is 3.96. The summed E-state index contributed by atoms with van der Waals surface area (Å²) in [5, 5.41) is 4.08. The van der Waals surface area contributed by atoms with Crippen molar-refractivity contribution in [2.75, 3.05) is 24.6 Å². The Bertz CT molecular complexity index is 921. The largest absolute Gasteiger partial charge is 0.349 e. The zero-order valence-electron chi connectivity index (χ0n) is 14.6. The summed E-state index contributed by atoms with van der Waals surface area (Å²) in [6.07, 6.45) is 4.20. The van der Waals surface area contributed by atoms with Crippen LogP contribution in [0.1, 0.15) is 29.6 Å². The van der Waals surface area contributed by atoms with Gasteiger partial charge in [0.05, 0.1) is 17.0 Å². The number of aromatic nitrogens is 1. The summed E-state index contributed by atoms with van der Waals surface area (Å²) in [6.45, 7) is 1.68. The van der Waals surface area contributed by atoms with E-state index in [-0.39, 0.29) is 23.7 Å². The number of carbonyl (C=O) groups excluding carboxylic acids is 1. The molecule has 0 aliphatic carbocycles. The van der Waals surface area contributed by atoms with E-state index in [4.69, 9.17) is 0 Å². The molecule has 26 heavy (non-hydrogen) atoms. The van der Waals surface area contributed by atoms with Crippen LogP contribution in [0.15, 0.2) is 36.5 Å². The first-order chi connectivity index (χ1) is 12.5. The average molecular weight is 373 g/mol. The van der Waals surface area contributed by atoms with Crippen LogP contribution >= 0.6 is 0 Å². The molecule has 1 N–H and O–H groups in total. The van der Waals surface area contributed by atoms with E-state index in [1.165, 1.54) is 0 Å². The minimum Gasteiger partial charge on any atom is -0.349 e. The van der Waals surface area contributed by atoms with Gasteiger partial charge >= 0.3 is 0 Å². The molecule has 6 nitrogen and oxygen atoms in total. The number of nitrogens with one attached hydrogen (secondary N) is 1. The second kappa shape index (κ2) is 6.96. The minimum absolute atomic E-state index is 0.0577. The Hall–Kier alpha value is -1.99. The lowest BCUT2D eigenvalue weighted by Gasteiger charge is -2.35. The summed E-state index contributed by atoms with van der Waals surface area (Å²) in [7, 11) is -2.85. The van der Waals surface area contributed by atoms with Crippen molar-refractivity contribution in [3.8, 4) is 0 Å². The summed E-state index contributed by atoms with van der Waals surface area (Å²) in [5.41, 5.74) is 1.53. The Labute approximate surface area is 153 Å². The van der Waals surface area contributed by atoms with Gasteiger partial charge in [-0.3, -0.25) is 14.7 Å². The lowest BCUT2D eigenvalue weighted by Crippen LogP contribution is -2.48. The first kappa shape index (κ1) is 17.4. The number of piperidine rings is 1. The molecule has 1 aromatic heterocycles. The van der Waals surface area contributed by atoms with Crippen molar-refractivity contribution in [3.05, 3.63) is 42.1 Å². The molecule has 0 saturated carbocycles. The van der Waals surface area contributed by atoms with Gasteiger partial charge in [0.1, 0.15) is 0 Å². The highest BCUT2D eigenvalue weighted by Crippen LogP contribution is 2.22. The molecule has 138 valence electrons. The van der Waals surface area contributed by atoms with Gasteiger partial charge in [-0.2, -0.15) is 0 Å². The molecular formula is C19H23N3O3S. The predicted octanol–water partition coefficient (Wildman–Crippen LogP) is 1.62. The number of likely N-dealkylation sites (tertiary alicyclic amines) is 1. The van der Waals surface area contributed by atoms with Crippen LogP contribution in [0, 0.1) is 0 Å². The molecule has 0 unspecified atom stereocenters. The van der Waals surface area contributed by atoms with Crippen molar-refractivity contribution < 1.29 is 13.2 Å². The highest BCUT2D eigenvalue weighted by atomic mass is 32.2. The van der Waals surface area contributed by atoms with E-state index in [2.05, 4.69) is 15.2 Å². The molecule has 2 aliphatic rings. The number of benzene rings is 1. The highest BCUT2D eigenvalue weighted by molar-refractivity contribution is 7.91. The third kappa shape index (κ3) is 3.73. The van der Waals surface area contributed by atoms with Gasteiger partial charge in [0.25, 0.3) is 5.91 Å². The lowest BCUT2D eigenvalue weighted by atomic mass is 10.0. The van der Waals surface area contributed by atoms with Gasteiger partial charge in [-0.25, -0.2) is 8.42 Å². The summed E-state index contributed by atoms with van der Waals surface area (Å²) in [6, 6.07) is 9.66. The number of hydrogen-bond donors (Lipinski definition) is 1. The molecular weight excluding hydrogens is 350 g/mol. The minimum atomic E-state index is -2.85. The van der Waals surface area contributed by atoms with Crippen LogP contribution in [-0.2, 0) is 9.84 Å². The number of nitrogens with zero attached hydrogens (tertiary/aromatic N) is 2. The average Bonchev–Trinajstić information content (AvgIpc) is 3.02. The molecule has 2 aliphatic heterocycles. The van der Waals surface area contributed by atoms with Gasteiger partial charge in [0.2, 0.25) is 0 Å². The molecule has 0 bridgehead atoms. The third-order valence-electron chi connectivity index (χ3n) is 5.45. The lowest BCUT2D eigenvalue weighted by molar-refractivity contribution is 0.0898. The standard InChI is InChI=1S/C19H23N3O3S/c23-19(15-3-4-18-14(12-15)2-1-8-20-18)21-16-5-9-22(10-6-16)17-7-11-26(24,25)13-17/h1-4,8,12,16-17H,5-7,9-11,13H2,(H,21,23)/t17-/m1/s1. The van der Waals surface area contributed by atoms with Crippen molar-refractivity contribution in [2.24, 2.45) is 0 Å². The van der Waals surface area contributed by atoms with Crippen molar-refractivity contribution >= 4 is 26.6 Å². The number of rotatable bonds is 3. The fraction of sp³-hybridized carbons (Fsp3) is 0.474. The van der Waals surface area contributed by atoms with Gasteiger partial charge in [-0.15, -0.1) is 0 Å². The predicted molar refractivity (Wildman–Crippen MR) is 101 cm³/mol. The molecule has 1 amide bonds. The van der Waals surface area contributed by atoms with E-state index >= 15 is 0 Å². The Balaban J connectivity index is 1.34. The van der Waals surface area contributed by atoms with Crippen LogP contribution in [0.5, 0.6) is 0 Å². The maximum absolute atomic E-state index is 12.6. The molecule has 7 heteroatoms. The monoisotopic (exact) mass is 373 g/mol. The first-order valence-electron chi connectivity index (χ1n) is 9.10. The van der Waals surface area contributed by atoms with E-state index in [9.17, 15) is 13.2 Å². The zero-order chi connectivity index (χ0) is 18.1. The summed E-state index contributed by atoms with van der Waals surface area (Å²) in [4.78, 5) is 19.1. The molecule has 2 aromatic rings. The zero-order valence-corrected chi connectivity index (χ0v) is 15.4. The molecule has 4 rings (SSSR count). The normalized spacial score (nSPS) is 23.9. The summed E-state index contributed by atoms with van der Waals surface area (Å²) >= 11 is 0. The van der Waals surface area contributed by atoms with Crippen molar-refractivity contribution in [1.82, 2.24) is 15.2 Å².